The van der Waals surface area contributed by atoms with E-state index >= 15 is 0 Å². The molecule has 1 saturated carbocycles. The van der Waals surface area contributed by atoms with Crippen molar-refractivity contribution in [3.8, 4) is 0 Å². The minimum absolute atomic E-state index is 0.0917. The second kappa shape index (κ2) is 7.36. The highest BCUT2D eigenvalue weighted by atomic mass is 19.1. The zero-order chi connectivity index (χ0) is 18.1. The SMILES string of the molecule is O=C1C[C@H](O)C[C@@H](C=CC2[C@H](Cc3ccc(F)cc3)C3C=C[C@H]2CC3)O1. The normalized spacial score (nSPS) is 36.5. The predicted octanol–water partition coefficient (Wildman–Crippen LogP) is 3.82. The topological polar surface area (TPSA) is 46.5 Å². The van der Waals surface area contributed by atoms with Gasteiger partial charge in [0.05, 0.1) is 12.5 Å². The number of aliphatic hydroxyl groups excluding tert-OH is 1. The molecule has 2 fully saturated rings. The third kappa shape index (κ3) is 3.75. The monoisotopic (exact) mass is 356 g/mol. The van der Waals surface area contributed by atoms with Crippen LogP contribution in [0.15, 0.2) is 48.6 Å². The summed E-state index contributed by atoms with van der Waals surface area (Å²) in [6.07, 6.45) is 11.8. The number of rotatable bonds is 4. The molecule has 1 N–H and O–H groups in total. The Morgan fingerprint density at radius 2 is 1.85 bits per heavy atom. The molecular formula is C22H25FO3. The first kappa shape index (κ1) is 17.5. The fourth-order valence-corrected chi connectivity index (χ4v) is 4.79. The van der Waals surface area contributed by atoms with Crippen LogP contribution in [0.3, 0.4) is 0 Å². The molecule has 26 heavy (non-hydrogen) atoms. The molecule has 1 heterocycles. The number of benzene rings is 1. The number of allylic oxidation sites excluding steroid dienone is 3. The van der Waals surface area contributed by atoms with Gasteiger partial charge in [-0.15, -0.1) is 0 Å². The number of cyclic esters (lactones) is 1. The first-order valence-electron chi connectivity index (χ1n) is 9.57. The third-order valence-electron chi connectivity index (χ3n) is 6.10. The fourth-order valence-electron chi connectivity index (χ4n) is 4.79. The Morgan fingerprint density at radius 1 is 1.12 bits per heavy atom. The first-order valence-corrected chi connectivity index (χ1v) is 9.57. The van der Waals surface area contributed by atoms with Crippen LogP contribution in [-0.2, 0) is 16.0 Å². The number of ether oxygens (including phenoxy) is 1. The maximum absolute atomic E-state index is 13.2. The van der Waals surface area contributed by atoms with E-state index in [1.54, 1.807) is 0 Å². The number of hydrogen-bond acceptors (Lipinski definition) is 3. The highest BCUT2D eigenvalue weighted by Crippen LogP contribution is 2.47. The van der Waals surface area contributed by atoms with Crippen LogP contribution in [-0.4, -0.2) is 23.3 Å². The highest BCUT2D eigenvalue weighted by Gasteiger charge is 2.39. The molecule has 1 saturated heterocycles. The van der Waals surface area contributed by atoms with E-state index in [-0.39, 0.29) is 24.3 Å². The summed E-state index contributed by atoms with van der Waals surface area (Å²) in [5.41, 5.74) is 1.16. The van der Waals surface area contributed by atoms with E-state index in [9.17, 15) is 14.3 Å². The van der Waals surface area contributed by atoms with Crippen LogP contribution in [0.4, 0.5) is 4.39 Å². The Balaban J connectivity index is 1.50. The van der Waals surface area contributed by atoms with Gasteiger partial charge in [-0.1, -0.05) is 30.4 Å². The van der Waals surface area contributed by atoms with Crippen LogP contribution in [0.2, 0.25) is 0 Å². The second-order valence-electron chi connectivity index (χ2n) is 7.87. The molecule has 3 aliphatic carbocycles. The summed E-state index contributed by atoms with van der Waals surface area (Å²) in [5.74, 6) is 1.38. The number of esters is 1. The number of carbonyl (C=O) groups is 1. The predicted molar refractivity (Wildman–Crippen MR) is 96.7 cm³/mol. The standard InChI is InChI=1S/C22H25FO3/c23-17-7-1-14(2-8-17)11-21-16-5-3-15(4-6-16)20(21)10-9-19-12-18(24)13-22(25)26-19/h1-3,5,7-10,15-16,18-21,24H,4,6,11-13H2/t15-,16?,18+,19+,20?,21+/m0/s1. The molecule has 5 rings (SSSR count). The first-order chi connectivity index (χ1) is 12.6. The van der Waals surface area contributed by atoms with Crippen molar-refractivity contribution >= 4 is 5.97 Å². The number of aliphatic hydroxyl groups is 1. The van der Waals surface area contributed by atoms with Gasteiger partial charge < -0.3 is 9.84 Å². The van der Waals surface area contributed by atoms with Crippen molar-refractivity contribution < 1.29 is 19.0 Å². The van der Waals surface area contributed by atoms with Crippen molar-refractivity contribution in [2.45, 2.75) is 44.3 Å². The maximum atomic E-state index is 13.2. The summed E-state index contributed by atoms with van der Waals surface area (Å²) < 4.78 is 18.5. The van der Waals surface area contributed by atoms with Gasteiger partial charge in [-0.3, -0.25) is 4.79 Å². The maximum Gasteiger partial charge on any atom is 0.309 e. The molecule has 2 bridgehead atoms. The molecular weight excluding hydrogens is 331 g/mol. The third-order valence-corrected chi connectivity index (χ3v) is 6.10. The lowest BCUT2D eigenvalue weighted by molar-refractivity contribution is -0.156. The minimum atomic E-state index is -0.608. The molecule has 0 radical (unpaired) electrons. The second-order valence-corrected chi connectivity index (χ2v) is 7.87. The smallest absolute Gasteiger partial charge is 0.309 e. The summed E-state index contributed by atoms with van der Waals surface area (Å²) in [4.78, 5) is 11.5. The lowest BCUT2D eigenvalue weighted by Crippen LogP contribution is -2.37. The van der Waals surface area contributed by atoms with Gasteiger partial charge in [0.1, 0.15) is 11.9 Å². The van der Waals surface area contributed by atoms with Crippen molar-refractivity contribution in [2.75, 3.05) is 0 Å². The minimum Gasteiger partial charge on any atom is -0.458 e. The zero-order valence-electron chi connectivity index (χ0n) is 14.8. The Labute approximate surface area is 153 Å². The lowest BCUT2D eigenvalue weighted by Gasteiger charge is -2.44. The molecule has 1 aromatic rings. The highest BCUT2D eigenvalue weighted by molar-refractivity contribution is 5.71. The Hall–Kier alpha value is -1.94. The summed E-state index contributed by atoms with van der Waals surface area (Å²) in [7, 11) is 0. The molecule has 1 aromatic carbocycles. The number of hydrogen-bond donors (Lipinski definition) is 1. The van der Waals surface area contributed by atoms with Gasteiger partial charge in [-0.2, -0.15) is 0 Å². The molecule has 0 amide bonds. The van der Waals surface area contributed by atoms with Crippen LogP contribution in [0, 0.1) is 29.5 Å². The number of fused-ring (bicyclic) bond motifs is 2. The van der Waals surface area contributed by atoms with Crippen LogP contribution in [0.25, 0.3) is 0 Å². The molecule has 4 aliphatic rings. The van der Waals surface area contributed by atoms with Gasteiger partial charge in [0.2, 0.25) is 0 Å². The largest absolute Gasteiger partial charge is 0.458 e. The van der Waals surface area contributed by atoms with Crippen LogP contribution < -0.4 is 0 Å². The van der Waals surface area contributed by atoms with Crippen molar-refractivity contribution in [3.63, 3.8) is 0 Å². The summed E-state index contributed by atoms with van der Waals surface area (Å²) in [6.45, 7) is 0. The molecule has 6 atom stereocenters. The Bertz CT molecular complexity index is 709. The number of halogens is 1. The average Bonchev–Trinajstić information content (AvgIpc) is 2.63. The zero-order valence-corrected chi connectivity index (χ0v) is 14.8. The quantitative estimate of drug-likeness (QED) is 0.659. The van der Waals surface area contributed by atoms with E-state index in [0.29, 0.717) is 30.1 Å². The van der Waals surface area contributed by atoms with Gasteiger partial charge >= 0.3 is 5.97 Å². The molecule has 0 aromatic heterocycles. The molecule has 3 nitrogen and oxygen atoms in total. The molecule has 138 valence electrons. The van der Waals surface area contributed by atoms with Crippen LogP contribution in [0.1, 0.15) is 31.2 Å². The summed E-state index contributed by atoms with van der Waals surface area (Å²) in [5, 5.41) is 9.78. The molecule has 1 aliphatic heterocycles. The van der Waals surface area contributed by atoms with E-state index in [1.807, 2.05) is 18.2 Å². The van der Waals surface area contributed by atoms with E-state index in [4.69, 9.17) is 4.74 Å². The molecule has 2 unspecified atom stereocenters. The summed E-state index contributed by atoms with van der Waals surface area (Å²) >= 11 is 0. The van der Waals surface area contributed by atoms with Crippen molar-refractivity contribution in [3.05, 3.63) is 60.0 Å². The van der Waals surface area contributed by atoms with Crippen LogP contribution in [0.5, 0.6) is 0 Å². The van der Waals surface area contributed by atoms with Gasteiger partial charge in [-0.05, 0) is 66.7 Å². The lowest BCUT2D eigenvalue weighted by atomic mass is 9.60. The van der Waals surface area contributed by atoms with Gasteiger partial charge in [0.15, 0.2) is 0 Å². The fraction of sp³-hybridized carbons (Fsp3) is 0.500. The Kier molecular flexibility index (Phi) is 4.94. The van der Waals surface area contributed by atoms with Crippen molar-refractivity contribution in [1.82, 2.24) is 0 Å². The molecule has 4 heteroatoms. The average molecular weight is 356 g/mol. The Morgan fingerprint density at radius 3 is 2.54 bits per heavy atom. The number of carbonyl (C=O) groups excluding carboxylic acids is 1. The van der Waals surface area contributed by atoms with Gasteiger partial charge in [0.25, 0.3) is 0 Å². The van der Waals surface area contributed by atoms with E-state index < -0.39 is 6.10 Å². The van der Waals surface area contributed by atoms with Crippen molar-refractivity contribution in [1.29, 1.82) is 0 Å². The summed E-state index contributed by atoms with van der Waals surface area (Å²) in [6, 6.07) is 6.81. The van der Waals surface area contributed by atoms with Crippen LogP contribution >= 0.6 is 0 Å². The van der Waals surface area contributed by atoms with Gasteiger partial charge in [0, 0.05) is 6.42 Å². The van der Waals surface area contributed by atoms with E-state index in [2.05, 4.69) is 18.2 Å². The van der Waals surface area contributed by atoms with Crippen molar-refractivity contribution in [2.24, 2.45) is 23.7 Å². The van der Waals surface area contributed by atoms with E-state index in [0.717, 1.165) is 12.0 Å². The van der Waals surface area contributed by atoms with E-state index in [1.165, 1.54) is 25.0 Å². The van der Waals surface area contributed by atoms with Gasteiger partial charge in [-0.25, -0.2) is 4.39 Å². The molecule has 0 spiro atoms.